The van der Waals surface area contributed by atoms with E-state index in [1.807, 2.05) is 18.2 Å². The van der Waals surface area contributed by atoms with Crippen LogP contribution in [0.25, 0.3) is 0 Å². The van der Waals surface area contributed by atoms with Gasteiger partial charge in [-0.15, -0.1) is 30.4 Å². The highest BCUT2D eigenvalue weighted by atomic mass is 127. The summed E-state index contributed by atoms with van der Waals surface area (Å²) in [6.45, 7) is 8.33. The first-order chi connectivity index (χ1) is 13.3. The summed E-state index contributed by atoms with van der Waals surface area (Å²) in [6.07, 6.45) is 7.79. The summed E-state index contributed by atoms with van der Waals surface area (Å²) in [5.74, 6) is 3.41. The van der Waals surface area contributed by atoms with Gasteiger partial charge in [0.1, 0.15) is 0 Å². The zero-order valence-corrected chi connectivity index (χ0v) is 20.1. The van der Waals surface area contributed by atoms with Crippen LogP contribution in [0.2, 0.25) is 0 Å². The second-order valence-corrected chi connectivity index (χ2v) is 8.14. The number of terminal acetylenes is 1. The minimum atomic E-state index is -0.161. The Morgan fingerprint density at radius 1 is 1.34 bits per heavy atom. The monoisotopic (exact) mass is 512 g/mol. The second-order valence-electron chi connectivity index (χ2n) is 8.14. The van der Waals surface area contributed by atoms with Gasteiger partial charge in [0.15, 0.2) is 5.96 Å². The lowest BCUT2D eigenvalue weighted by Gasteiger charge is -2.40. The molecule has 2 rings (SSSR count). The zero-order valence-electron chi connectivity index (χ0n) is 17.7. The molecule has 6 nitrogen and oxygen atoms in total. The number of carbonyl (C=O) groups excluding carboxylic acids is 1. The van der Waals surface area contributed by atoms with Crippen LogP contribution in [0, 0.1) is 23.7 Å². The van der Waals surface area contributed by atoms with Crippen molar-refractivity contribution in [2.45, 2.75) is 39.7 Å². The van der Waals surface area contributed by atoms with Crippen LogP contribution in [-0.4, -0.2) is 44.7 Å². The average Bonchev–Trinajstić information content (AvgIpc) is 2.67. The van der Waals surface area contributed by atoms with E-state index < -0.39 is 0 Å². The lowest BCUT2D eigenvalue weighted by Crippen LogP contribution is -2.48. The van der Waals surface area contributed by atoms with Crippen molar-refractivity contribution in [1.29, 1.82) is 0 Å². The molecule has 1 amide bonds. The van der Waals surface area contributed by atoms with Gasteiger partial charge in [-0.3, -0.25) is 9.79 Å². The van der Waals surface area contributed by atoms with E-state index in [4.69, 9.17) is 11.2 Å². The van der Waals surface area contributed by atoms with Crippen LogP contribution in [0.15, 0.2) is 29.3 Å². The molecule has 7 heteroatoms. The van der Waals surface area contributed by atoms with Gasteiger partial charge in [0.05, 0.1) is 12.6 Å². The van der Waals surface area contributed by atoms with Crippen molar-refractivity contribution in [3.05, 3.63) is 29.8 Å². The van der Waals surface area contributed by atoms with Crippen LogP contribution in [0.5, 0.6) is 0 Å². The summed E-state index contributed by atoms with van der Waals surface area (Å²) in [7, 11) is 1.70. The van der Waals surface area contributed by atoms with E-state index in [1.165, 1.54) is 0 Å². The Labute approximate surface area is 191 Å². The summed E-state index contributed by atoms with van der Waals surface area (Å²) in [5, 5.41) is 9.22. The standard InChI is InChI=1S/C22H32N4O2.HI/c1-6-16-9-7-11-18(13-16)26-19(27)15-25-21(23-5)24-14-17-10-8-12-28-20(17)22(2,3)4;/h1,7,9,11,13,17,20H,8,10,12,14-15H2,2-5H3,(H,26,27)(H2,23,24,25);1H. The molecular formula is C22H33IN4O2. The molecule has 0 radical (unpaired) electrons. The SMILES string of the molecule is C#Cc1cccc(NC(=O)CNC(=NC)NCC2CCCOC2C(C)(C)C)c1.I. The minimum Gasteiger partial charge on any atom is -0.377 e. The third kappa shape index (κ3) is 8.23. The van der Waals surface area contributed by atoms with Crippen molar-refractivity contribution >= 4 is 41.5 Å². The Hall–Kier alpha value is -1.79. The minimum absolute atomic E-state index is 0. The van der Waals surface area contributed by atoms with Crippen molar-refractivity contribution in [2.24, 2.45) is 16.3 Å². The molecular weight excluding hydrogens is 479 g/mol. The number of aliphatic imine (C=N–C) groups is 1. The maximum Gasteiger partial charge on any atom is 0.243 e. The molecule has 2 unspecified atom stereocenters. The summed E-state index contributed by atoms with van der Waals surface area (Å²) in [5.41, 5.74) is 1.50. The number of halogens is 1. The Bertz CT molecular complexity index is 737. The normalized spacial score (nSPS) is 19.5. The Balaban J connectivity index is 0.00000420. The average molecular weight is 512 g/mol. The Kier molecular flexibility index (Phi) is 10.5. The number of ether oxygens (including phenoxy) is 1. The van der Waals surface area contributed by atoms with E-state index in [-0.39, 0.29) is 47.9 Å². The zero-order chi connectivity index (χ0) is 20.6. The maximum absolute atomic E-state index is 12.2. The fraction of sp³-hybridized carbons (Fsp3) is 0.545. The molecule has 1 heterocycles. The predicted octanol–water partition coefficient (Wildman–Crippen LogP) is 3.23. The summed E-state index contributed by atoms with van der Waals surface area (Å²) in [4.78, 5) is 16.4. The molecule has 1 fully saturated rings. The van der Waals surface area contributed by atoms with Crippen LogP contribution < -0.4 is 16.0 Å². The lowest BCUT2D eigenvalue weighted by molar-refractivity contribution is -0.115. The van der Waals surface area contributed by atoms with Crippen LogP contribution in [0.3, 0.4) is 0 Å². The number of hydrogen-bond acceptors (Lipinski definition) is 3. The van der Waals surface area contributed by atoms with Crippen LogP contribution >= 0.6 is 24.0 Å². The van der Waals surface area contributed by atoms with Gasteiger partial charge in [0, 0.05) is 37.4 Å². The van der Waals surface area contributed by atoms with E-state index in [0.29, 0.717) is 17.6 Å². The molecule has 1 aliphatic rings. The number of hydrogen-bond donors (Lipinski definition) is 3. The highest BCUT2D eigenvalue weighted by molar-refractivity contribution is 14.0. The predicted molar refractivity (Wildman–Crippen MR) is 130 cm³/mol. The van der Waals surface area contributed by atoms with E-state index in [2.05, 4.69) is 47.6 Å². The summed E-state index contributed by atoms with van der Waals surface area (Å²) < 4.78 is 6.03. The number of nitrogens with one attached hydrogen (secondary N) is 3. The summed E-state index contributed by atoms with van der Waals surface area (Å²) >= 11 is 0. The van der Waals surface area contributed by atoms with Gasteiger partial charge in [-0.1, -0.05) is 32.8 Å². The number of anilines is 1. The maximum atomic E-state index is 12.2. The molecule has 0 aromatic heterocycles. The molecule has 0 aliphatic carbocycles. The second kappa shape index (κ2) is 12.0. The van der Waals surface area contributed by atoms with Gasteiger partial charge < -0.3 is 20.7 Å². The third-order valence-corrected chi connectivity index (χ3v) is 4.78. The van der Waals surface area contributed by atoms with Crippen LogP contribution in [-0.2, 0) is 9.53 Å². The first kappa shape index (κ1) is 25.2. The molecule has 160 valence electrons. The van der Waals surface area contributed by atoms with Crippen molar-refractivity contribution in [2.75, 3.05) is 32.1 Å². The van der Waals surface area contributed by atoms with E-state index in [1.54, 1.807) is 13.1 Å². The highest BCUT2D eigenvalue weighted by Gasteiger charge is 2.35. The van der Waals surface area contributed by atoms with Crippen molar-refractivity contribution in [1.82, 2.24) is 10.6 Å². The Morgan fingerprint density at radius 3 is 2.76 bits per heavy atom. The van der Waals surface area contributed by atoms with Crippen molar-refractivity contribution in [3.63, 3.8) is 0 Å². The molecule has 1 aromatic rings. The van der Waals surface area contributed by atoms with Gasteiger partial charge in [0.2, 0.25) is 5.91 Å². The molecule has 0 bridgehead atoms. The molecule has 0 spiro atoms. The molecule has 1 saturated heterocycles. The number of amides is 1. The molecule has 3 N–H and O–H groups in total. The quantitative estimate of drug-likeness (QED) is 0.245. The van der Waals surface area contributed by atoms with Gasteiger partial charge in [-0.25, -0.2) is 0 Å². The largest absolute Gasteiger partial charge is 0.377 e. The van der Waals surface area contributed by atoms with E-state index in [9.17, 15) is 4.79 Å². The topological polar surface area (TPSA) is 74.8 Å². The number of benzene rings is 1. The van der Waals surface area contributed by atoms with Gasteiger partial charge in [0.25, 0.3) is 0 Å². The fourth-order valence-electron chi connectivity index (χ4n) is 3.51. The molecule has 29 heavy (non-hydrogen) atoms. The van der Waals surface area contributed by atoms with Crippen molar-refractivity contribution < 1.29 is 9.53 Å². The first-order valence-corrected chi connectivity index (χ1v) is 9.76. The number of carbonyl (C=O) groups is 1. The van der Waals surface area contributed by atoms with Crippen molar-refractivity contribution in [3.8, 4) is 12.3 Å². The number of guanidine groups is 1. The molecule has 1 aromatic carbocycles. The number of rotatable bonds is 5. The summed E-state index contributed by atoms with van der Waals surface area (Å²) in [6, 6.07) is 7.21. The third-order valence-electron chi connectivity index (χ3n) is 4.78. The van der Waals surface area contributed by atoms with Gasteiger partial charge >= 0.3 is 0 Å². The number of nitrogens with zero attached hydrogens (tertiary/aromatic N) is 1. The smallest absolute Gasteiger partial charge is 0.243 e. The van der Waals surface area contributed by atoms with Gasteiger partial charge in [-0.2, -0.15) is 0 Å². The molecule has 1 aliphatic heterocycles. The first-order valence-electron chi connectivity index (χ1n) is 9.76. The highest BCUT2D eigenvalue weighted by Crippen LogP contribution is 2.33. The van der Waals surface area contributed by atoms with E-state index >= 15 is 0 Å². The fourth-order valence-corrected chi connectivity index (χ4v) is 3.51. The molecule has 2 atom stereocenters. The van der Waals surface area contributed by atoms with E-state index in [0.717, 1.165) is 31.6 Å². The lowest BCUT2D eigenvalue weighted by atomic mass is 9.78. The van der Waals surface area contributed by atoms with Crippen LogP contribution in [0.1, 0.15) is 39.2 Å². The van der Waals surface area contributed by atoms with Crippen LogP contribution in [0.4, 0.5) is 5.69 Å². The Morgan fingerprint density at radius 2 is 2.10 bits per heavy atom. The molecule has 0 saturated carbocycles. The van der Waals surface area contributed by atoms with Gasteiger partial charge in [-0.05, 0) is 36.5 Å².